The molecule has 0 spiro atoms. The molecule has 1 aliphatic heterocycles. The molecular weight excluding hydrogens is 332 g/mol. The number of carbonyl (C=O) groups excluding carboxylic acids is 2. The van der Waals surface area contributed by atoms with Gasteiger partial charge in [-0.05, 0) is 19.3 Å². The van der Waals surface area contributed by atoms with Gasteiger partial charge in [-0.2, -0.15) is 5.10 Å². The van der Waals surface area contributed by atoms with Gasteiger partial charge in [-0.15, -0.1) is 0 Å². The Balaban J connectivity index is 1.57. The van der Waals surface area contributed by atoms with Gasteiger partial charge in [-0.1, -0.05) is 0 Å². The highest BCUT2D eigenvalue weighted by Crippen LogP contribution is 2.41. The van der Waals surface area contributed by atoms with Crippen molar-refractivity contribution in [3.63, 3.8) is 0 Å². The molecule has 0 bridgehead atoms. The molecule has 1 saturated carbocycles. The first-order valence-corrected chi connectivity index (χ1v) is 9.03. The Morgan fingerprint density at radius 2 is 2.00 bits per heavy atom. The second-order valence-corrected chi connectivity index (χ2v) is 7.33. The predicted octanol–water partition coefficient (Wildman–Crippen LogP) is 1.58. The first-order chi connectivity index (χ1) is 12.5. The Hall–Kier alpha value is -2.64. The van der Waals surface area contributed by atoms with Crippen molar-refractivity contribution < 1.29 is 9.59 Å². The molecule has 2 fully saturated rings. The molecule has 138 valence electrons. The van der Waals surface area contributed by atoms with Gasteiger partial charge in [0, 0.05) is 57.6 Å². The zero-order valence-electron chi connectivity index (χ0n) is 15.3. The van der Waals surface area contributed by atoms with Crippen molar-refractivity contribution in [2.75, 3.05) is 12.4 Å². The van der Waals surface area contributed by atoms with Gasteiger partial charge in [0.2, 0.25) is 11.8 Å². The van der Waals surface area contributed by atoms with E-state index in [1.807, 2.05) is 35.6 Å². The van der Waals surface area contributed by atoms with Gasteiger partial charge in [0.15, 0.2) is 5.82 Å². The minimum absolute atomic E-state index is 0.0379. The Kier molecular flexibility index (Phi) is 4.05. The van der Waals surface area contributed by atoms with Gasteiger partial charge in [0.05, 0.1) is 5.92 Å². The van der Waals surface area contributed by atoms with Gasteiger partial charge in [-0.3, -0.25) is 14.3 Å². The molecule has 26 heavy (non-hydrogen) atoms. The minimum Gasteiger partial charge on any atom is -0.336 e. The van der Waals surface area contributed by atoms with Crippen molar-refractivity contribution in [3.05, 3.63) is 30.0 Å². The highest BCUT2D eigenvalue weighted by molar-refractivity contribution is 5.94. The van der Waals surface area contributed by atoms with Crippen molar-refractivity contribution in [2.24, 2.45) is 20.0 Å². The molecule has 8 heteroatoms. The molecule has 1 saturated heterocycles. The van der Waals surface area contributed by atoms with Gasteiger partial charge in [0.1, 0.15) is 11.9 Å². The lowest BCUT2D eigenvalue weighted by Gasteiger charge is -2.37. The maximum absolute atomic E-state index is 13.0. The summed E-state index contributed by atoms with van der Waals surface area (Å²) < 4.78 is 3.71. The van der Waals surface area contributed by atoms with Gasteiger partial charge in [-0.25, -0.2) is 4.98 Å². The van der Waals surface area contributed by atoms with Crippen LogP contribution in [0.25, 0.3) is 0 Å². The Labute approximate surface area is 152 Å². The molecule has 2 atom stereocenters. The van der Waals surface area contributed by atoms with Gasteiger partial charge < -0.3 is 14.8 Å². The lowest BCUT2D eigenvalue weighted by molar-refractivity contribution is -0.140. The zero-order valence-corrected chi connectivity index (χ0v) is 15.3. The summed E-state index contributed by atoms with van der Waals surface area (Å²) in [4.78, 5) is 31.2. The number of hydrogen-bond donors (Lipinski definition) is 1. The number of likely N-dealkylation sites (tertiary alicyclic amines) is 1. The molecule has 8 nitrogen and oxygen atoms in total. The number of imidazole rings is 1. The molecule has 1 aliphatic carbocycles. The van der Waals surface area contributed by atoms with Gasteiger partial charge >= 0.3 is 0 Å². The topological polar surface area (TPSA) is 85.1 Å². The second-order valence-electron chi connectivity index (χ2n) is 7.33. The summed E-state index contributed by atoms with van der Waals surface area (Å²) in [6, 6.07) is 1.59. The SMILES string of the molecule is CN1C(=O)CC[C@H](C(=O)Nc2cc(C3CC3)n(C)n2)[C@H]1c1nccn1C. The highest BCUT2D eigenvalue weighted by atomic mass is 16.2. The summed E-state index contributed by atoms with van der Waals surface area (Å²) in [5, 5.41) is 7.39. The fourth-order valence-corrected chi connectivity index (χ4v) is 3.85. The first-order valence-electron chi connectivity index (χ1n) is 9.03. The smallest absolute Gasteiger partial charge is 0.231 e. The molecule has 1 N–H and O–H groups in total. The van der Waals surface area contributed by atoms with Crippen molar-refractivity contribution in [2.45, 2.75) is 37.6 Å². The zero-order chi connectivity index (χ0) is 18.4. The fraction of sp³-hybridized carbons (Fsp3) is 0.556. The lowest BCUT2D eigenvalue weighted by atomic mass is 9.87. The van der Waals surface area contributed by atoms with E-state index < -0.39 is 0 Å². The molecule has 0 aromatic carbocycles. The number of nitrogens with one attached hydrogen (secondary N) is 1. The summed E-state index contributed by atoms with van der Waals surface area (Å²) in [6.45, 7) is 0. The summed E-state index contributed by atoms with van der Waals surface area (Å²) >= 11 is 0. The molecule has 4 rings (SSSR count). The molecular formula is C18H24N6O2. The van der Waals surface area contributed by atoms with Crippen molar-refractivity contribution in [1.82, 2.24) is 24.2 Å². The summed E-state index contributed by atoms with van der Waals surface area (Å²) in [7, 11) is 5.53. The lowest BCUT2D eigenvalue weighted by Crippen LogP contribution is -2.45. The fourth-order valence-electron chi connectivity index (χ4n) is 3.85. The number of hydrogen-bond acceptors (Lipinski definition) is 4. The molecule has 0 unspecified atom stereocenters. The van der Waals surface area contributed by atoms with E-state index in [-0.39, 0.29) is 23.8 Å². The highest BCUT2D eigenvalue weighted by Gasteiger charge is 2.41. The predicted molar refractivity (Wildman–Crippen MR) is 95.3 cm³/mol. The maximum Gasteiger partial charge on any atom is 0.231 e. The monoisotopic (exact) mass is 356 g/mol. The van der Waals surface area contributed by atoms with E-state index in [9.17, 15) is 9.59 Å². The van der Waals surface area contributed by atoms with Crippen molar-refractivity contribution in [1.29, 1.82) is 0 Å². The van der Waals surface area contributed by atoms with E-state index in [1.165, 1.54) is 12.8 Å². The van der Waals surface area contributed by atoms with E-state index >= 15 is 0 Å². The van der Waals surface area contributed by atoms with Crippen LogP contribution in [0.1, 0.15) is 49.2 Å². The van der Waals surface area contributed by atoms with Crippen LogP contribution < -0.4 is 5.32 Å². The number of carbonyl (C=O) groups is 2. The summed E-state index contributed by atoms with van der Waals surface area (Å²) in [5.74, 6) is 1.44. The number of aromatic nitrogens is 4. The van der Waals surface area contributed by atoms with E-state index in [0.717, 1.165) is 11.5 Å². The first kappa shape index (κ1) is 16.8. The Morgan fingerprint density at radius 3 is 2.65 bits per heavy atom. The third-order valence-electron chi connectivity index (χ3n) is 5.48. The Morgan fingerprint density at radius 1 is 1.23 bits per heavy atom. The van der Waals surface area contributed by atoms with Crippen LogP contribution in [0.3, 0.4) is 0 Å². The summed E-state index contributed by atoms with van der Waals surface area (Å²) in [6.07, 6.45) is 6.77. The van der Waals surface area contributed by atoms with E-state index in [0.29, 0.717) is 24.6 Å². The average molecular weight is 356 g/mol. The van der Waals surface area contributed by atoms with Crippen LogP contribution in [-0.4, -0.2) is 43.1 Å². The van der Waals surface area contributed by atoms with Gasteiger partial charge in [0.25, 0.3) is 0 Å². The number of nitrogens with zero attached hydrogens (tertiary/aromatic N) is 5. The van der Waals surface area contributed by atoms with E-state index in [4.69, 9.17) is 0 Å². The number of piperidine rings is 1. The number of aryl methyl sites for hydroxylation is 2. The van der Waals surface area contributed by atoms with Crippen LogP contribution in [0.5, 0.6) is 0 Å². The van der Waals surface area contributed by atoms with Crippen molar-refractivity contribution in [3.8, 4) is 0 Å². The van der Waals surface area contributed by atoms with Crippen LogP contribution in [0.15, 0.2) is 18.5 Å². The standard InChI is InChI=1S/C18H24N6O2/c1-22-9-8-19-17(22)16-12(6-7-15(25)23(16)2)18(26)20-14-10-13(11-4-5-11)24(3)21-14/h8-12,16H,4-7H2,1-3H3,(H,20,21,26)/t12-,16-/m0/s1. The second kappa shape index (κ2) is 6.26. The normalized spacial score (nSPS) is 23.3. The third kappa shape index (κ3) is 2.89. The van der Waals surface area contributed by atoms with Crippen LogP contribution in [0, 0.1) is 5.92 Å². The number of anilines is 1. The van der Waals surface area contributed by atoms with Crippen LogP contribution in [0.4, 0.5) is 5.82 Å². The third-order valence-corrected chi connectivity index (χ3v) is 5.48. The minimum atomic E-state index is -0.372. The molecule has 2 aromatic rings. The van der Waals surface area contributed by atoms with E-state index in [1.54, 1.807) is 18.1 Å². The van der Waals surface area contributed by atoms with Crippen LogP contribution in [-0.2, 0) is 23.7 Å². The largest absolute Gasteiger partial charge is 0.336 e. The van der Waals surface area contributed by atoms with Crippen LogP contribution in [0.2, 0.25) is 0 Å². The quantitative estimate of drug-likeness (QED) is 0.901. The average Bonchev–Trinajstić information content (AvgIpc) is 3.26. The molecule has 2 aromatic heterocycles. The summed E-state index contributed by atoms with van der Waals surface area (Å²) in [5.41, 5.74) is 1.16. The molecule has 2 aliphatic rings. The molecule has 0 radical (unpaired) electrons. The number of rotatable bonds is 4. The maximum atomic E-state index is 13.0. The molecule has 3 heterocycles. The Bertz CT molecular complexity index is 850. The number of amides is 2. The van der Waals surface area contributed by atoms with E-state index in [2.05, 4.69) is 15.4 Å². The van der Waals surface area contributed by atoms with Crippen LogP contribution >= 0.6 is 0 Å². The molecule has 2 amide bonds. The van der Waals surface area contributed by atoms with Crippen molar-refractivity contribution >= 4 is 17.6 Å².